The summed E-state index contributed by atoms with van der Waals surface area (Å²) in [6.45, 7) is 13.6. The lowest BCUT2D eigenvalue weighted by atomic mass is 10.1. The zero-order chi connectivity index (χ0) is 17.5. The van der Waals surface area contributed by atoms with Gasteiger partial charge in [-0.2, -0.15) is 0 Å². The number of rotatable bonds is 7. The number of aromatic nitrogens is 2. The Morgan fingerprint density at radius 3 is 2.09 bits per heavy atom. The van der Waals surface area contributed by atoms with Crippen molar-refractivity contribution in [3.8, 4) is 5.69 Å². The van der Waals surface area contributed by atoms with Gasteiger partial charge in [-0.15, -0.1) is 0 Å². The van der Waals surface area contributed by atoms with Crippen LogP contribution >= 0.6 is 0 Å². The molecule has 1 heterocycles. The predicted octanol–water partition coefficient (Wildman–Crippen LogP) is 5.96. The van der Waals surface area contributed by atoms with Crippen LogP contribution in [0.1, 0.15) is 72.8 Å². The van der Waals surface area contributed by atoms with Gasteiger partial charge >= 0.3 is 0 Å². The van der Waals surface area contributed by atoms with Crippen molar-refractivity contribution < 1.29 is 4.57 Å². The molecule has 1 aromatic heterocycles. The summed E-state index contributed by atoms with van der Waals surface area (Å²) in [6, 6.07) is 8.81. The van der Waals surface area contributed by atoms with Crippen molar-refractivity contribution in [1.29, 1.82) is 0 Å². The number of benzene rings is 1. The fourth-order valence-corrected chi connectivity index (χ4v) is 2.30. The number of hydrogen-bond donors (Lipinski definition) is 0. The highest BCUT2D eigenvalue weighted by molar-refractivity contribution is 5.34. The second kappa shape index (κ2) is 14.0. The van der Waals surface area contributed by atoms with E-state index in [4.69, 9.17) is 0 Å². The van der Waals surface area contributed by atoms with E-state index in [0.29, 0.717) is 0 Å². The molecule has 0 unspecified atom stereocenters. The molecule has 1 aromatic carbocycles. The Morgan fingerprint density at radius 1 is 0.870 bits per heavy atom. The highest BCUT2D eigenvalue weighted by Crippen LogP contribution is 2.09. The van der Waals surface area contributed by atoms with Crippen LogP contribution in [0.4, 0.5) is 0 Å². The average Bonchev–Trinajstić information content (AvgIpc) is 3.11. The van der Waals surface area contributed by atoms with Crippen LogP contribution in [-0.4, -0.2) is 4.57 Å². The molecule has 0 spiro atoms. The van der Waals surface area contributed by atoms with Crippen LogP contribution in [0, 0.1) is 0 Å². The summed E-state index contributed by atoms with van der Waals surface area (Å²) in [4.78, 5) is 0. The minimum atomic E-state index is 1.10. The van der Waals surface area contributed by atoms with E-state index >= 15 is 0 Å². The summed E-state index contributed by atoms with van der Waals surface area (Å²) >= 11 is 0. The van der Waals surface area contributed by atoms with Crippen molar-refractivity contribution >= 4 is 0 Å². The van der Waals surface area contributed by atoms with E-state index < -0.39 is 0 Å². The Kier molecular flexibility index (Phi) is 13.1. The molecular formula is C21H37N2+. The van der Waals surface area contributed by atoms with Gasteiger partial charge in [0.05, 0.1) is 6.54 Å². The van der Waals surface area contributed by atoms with Crippen molar-refractivity contribution in [2.45, 2.75) is 80.2 Å². The SMILES string of the molecule is CC.CC.CCCCCC[n+]1ccn(-c2ccc(CC)cc2)c1. The molecule has 0 N–H and O–H groups in total. The molecule has 0 radical (unpaired) electrons. The summed E-state index contributed by atoms with van der Waals surface area (Å²) in [5.41, 5.74) is 2.63. The number of nitrogens with zero attached hydrogens (tertiary/aromatic N) is 2. The van der Waals surface area contributed by atoms with Crippen LogP contribution < -0.4 is 4.57 Å². The van der Waals surface area contributed by atoms with Gasteiger partial charge in [-0.25, -0.2) is 9.13 Å². The van der Waals surface area contributed by atoms with Gasteiger partial charge in [0.2, 0.25) is 6.33 Å². The normalized spacial score (nSPS) is 9.48. The quantitative estimate of drug-likeness (QED) is 0.440. The van der Waals surface area contributed by atoms with Crippen LogP contribution in [-0.2, 0) is 13.0 Å². The Hall–Kier alpha value is -1.57. The summed E-state index contributed by atoms with van der Waals surface area (Å²) in [5, 5.41) is 0. The predicted molar refractivity (Wildman–Crippen MR) is 102 cm³/mol. The monoisotopic (exact) mass is 317 g/mol. The second-order valence-electron chi connectivity index (χ2n) is 5.14. The van der Waals surface area contributed by atoms with Gasteiger partial charge in [-0.1, -0.05) is 66.5 Å². The first-order valence-electron chi connectivity index (χ1n) is 9.50. The van der Waals surface area contributed by atoms with E-state index in [9.17, 15) is 0 Å². The van der Waals surface area contributed by atoms with Crippen molar-refractivity contribution in [2.24, 2.45) is 0 Å². The highest BCUT2D eigenvalue weighted by Gasteiger charge is 2.05. The Morgan fingerprint density at radius 2 is 1.52 bits per heavy atom. The molecule has 2 nitrogen and oxygen atoms in total. The lowest BCUT2D eigenvalue weighted by Crippen LogP contribution is -2.30. The third-order valence-corrected chi connectivity index (χ3v) is 3.60. The smallest absolute Gasteiger partial charge is 0.236 e. The summed E-state index contributed by atoms with van der Waals surface area (Å²) in [6.07, 6.45) is 12.9. The molecule has 23 heavy (non-hydrogen) atoms. The summed E-state index contributed by atoms with van der Waals surface area (Å²) in [7, 11) is 0. The Bertz CT molecular complexity index is 483. The van der Waals surface area contributed by atoms with Crippen LogP contribution in [0.3, 0.4) is 0 Å². The largest absolute Gasteiger partial charge is 0.248 e. The van der Waals surface area contributed by atoms with Gasteiger partial charge in [0.25, 0.3) is 0 Å². The van der Waals surface area contributed by atoms with E-state index in [-0.39, 0.29) is 0 Å². The Labute approximate surface area is 144 Å². The molecular weight excluding hydrogens is 280 g/mol. The van der Waals surface area contributed by atoms with Crippen molar-refractivity contribution in [3.05, 3.63) is 48.5 Å². The topological polar surface area (TPSA) is 8.81 Å². The lowest BCUT2D eigenvalue weighted by Gasteiger charge is -1.98. The maximum absolute atomic E-state index is 2.28. The fraction of sp³-hybridized carbons (Fsp3) is 0.571. The third kappa shape index (κ3) is 8.01. The van der Waals surface area contributed by atoms with Crippen LogP contribution in [0.2, 0.25) is 0 Å². The molecule has 0 amide bonds. The molecule has 0 aliphatic carbocycles. The first kappa shape index (κ1) is 21.4. The first-order chi connectivity index (χ1) is 11.3. The van der Waals surface area contributed by atoms with Gasteiger partial charge in [-0.05, 0) is 37.0 Å². The minimum absolute atomic E-state index is 1.10. The molecule has 2 aromatic rings. The fourth-order valence-electron chi connectivity index (χ4n) is 2.30. The number of imidazole rings is 1. The molecule has 0 bridgehead atoms. The standard InChI is InChI=1S/C17H25N2.2C2H6/c1-3-5-6-7-12-18-13-14-19(15-18)17-10-8-16(4-2)9-11-17;2*1-2/h8-11,13-15H,3-7,12H2,1-2H3;2*1-2H3/q+1;;. The van der Waals surface area contributed by atoms with Crippen molar-refractivity contribution in [3.63, 3.8) is 0 Å². The number of unbranched alkanes of at least 4 members (excludes halogenated alkanes) is 3. The van der Waals surface area contributed by atoms with E-state index in [2.05, 4.69) is 66.0 Å². The Balaban J connectivity index is 0.00000112. The molecule has 0 atom stereocenters. The molecule has 2 rings (SSSR count). The lowest BCUT2D eigenvalue weighted by molar-refractivity contribution is -0.696. The first-order valence-corrected chi connectivity index (χ1v) is 9.50. The molecule has 0 saturated heterocycles. The maximum atomic E-state index is 2.28. The molecule has 0 saturated carbocycles. The van der Waals surface area contributed by atoms with Gasteiger partial charge in [-0.3, -0.25) is 0 Å². The van der Waals surface area contributed by atoms with Crippen molar-refractivity contribution in [2.75, 3.05) is 0 Å². The van der Waals surface area contributed by atoms with E-state index in [0.717, 1.165) is 13.0 Å². The minimum Gasteiger partial charge on any atom is -0.236 e. The maximum Gasteiger partial charge on any atom is 0.248 e. The zero-order valence-corrected chi connectivity index (χ0v) is 16.2. The second-order valence-corrected chi connectivity index (χ2v) is 5.14. The summed E-state index contributed by atoms with van der Waals surface area (Å²) in [5.74, 6) is 0. The van der Waals surface area contributed by atoms with Crippen molar-refractivity contribution in [1.82, 2.24) is 4.57 Å². The molecule has 0 aliphatic rings. The summed E-state index contributed by atoms with van der Waals surface area (Å²) < 4.78 is 4.47. The van der Waals surface area contributed by atoms with Crippen LogP contribution in [0.15, 0.2) is 43.0 Å². The molecule has 0 fully saturated rings. The van der Waals surface area contributed by atoms with Gasteiger partial charge in [0, 0.05) is 0 Å². The highest BCUT2D eigenvalue weighted by atomic mass is 15.1. The average molecular weight is 318 g/mol. The van der Waals surface area contributed by atoms with E-state index in [1.807, 2.05) is 27.7 Å². The molecule has 2 heteroatoms. The molecule has 130 valence electrons. The van der Waals surface area contributed by atoms with Crippen LogP contribution in [0.5, 0.6) is 0 Å². The van der Waals surface area contributed by atoms with Gasteiger partial charge in [0.15, 0.2) is 0 Å². The third-order valence-electron chi connectivity index (χ3n) is 3.60. The van der Waals surface area contributed by atoms with Gasteiger partial charge in [0.1, 0.15) is 18.1 Å². The van der Waals surface area contributed by atoms with Crippen LogP contribution in [0.25, 0.3) is 5.69 Å². The van der Waals surface area contributed by atoms with E-state index in [1.54, 1.807) is 0 Å². The number of aryl methyl sites for hydroxylation is 2. The zero-order valence-electron chi connectivity index (χ0n) is 16.2. The van der Waals surface area contributed by atoms with E-state index in [1.165, 1.54) is 36.9 Å². The molecule has 0 aliphatic heterocycles. The number of hydrogen-bond acceptors (Lipinski definition) is 0. The van der Waals surface area contributed by atoms with Gasteiger partial charge < -0.3 is 0 Å².